The minimum atomic E-state index is -4.57. The molecule has 166 valence electrons. The van der Waals surface area contributed by atoms with Gasteiger partial charge in [-0.15, -0.1) is 0 Å². The maximum Gasteiger partial charge on any atom is 0.419 e. The van der Waals surface area contributed by atoms with Gasteiger partial charge in [-0.2, -0.15) is 13.2 Å². The maximum absolute atomic E-state index is 13.7. The average molecular weight is 441 g/mol. The van der Waals surface area contributed by atoms with Crippen LogP contribution in [0.5, 0.6) is 0 Å². The van der Waals surface area contributed by atoms with Crippen molar-refractivity contribution in [1.82, 2.24) is 29.8 Å². The van der Waals surface area contributed by atoms with Crippen LogP contribution in [-0.4, -0.2) is 43.6 Å². The number of para-hydroxylation sites is 2. The number of halogens is 3. The summed E-state index contributed by atoms with van der Waals surface area (Å²) in [7, 11) is 1.87. The molecule has 10 heteroatoms. The number of hydrogen-bond donors (Lipinski definition) is 3. The molecule has 0 saturated carbocycles. The number of imidazole rings is 1. The fraction of sp³-hybridized carbons (Fsp3) is 0.318. The summed E-state index contributed by atoms with van der Waals surface area (Å²) in [5.74, 6) is 0.818. The van der Waals surface area contributed by atoms with Crippen LogP contribution in [0.3, 0.4) is 0 Å². The van der Waals surface area contributed by atoms with E-state index in [2.05, 4.69) is 30.6 Å². The maximum atomic E-state index is 13.7. The van der Waals surface area contributed by atoms with Gasteiger partial charge < -0.3 is 20.2 Å². The van der Waals surface area contributed by atoms with E-state index in [1.54, 1.807) is 6.07 Å². The molecule has 1 fully saturated rings. The normalized spacial score (nSPS) is 17.1. The Kier molecular flexibility index (Phi) is 5.09. The molecule has 3 aromatic heterocycles. The third-order valence-corrected chi connectivity index (χ3v) is 5.71. The van der Waals surface area contributed by atoms with Gasteiger partial charge in [-0.1, -0.05) is 12.1 Å². The van der Waals surface area contributed by atoms with Gasteiger partial charge in [-0.25, -0.2) is 15.0 Å². The van der Waals surface area contributed by atoms with E-state index in [9.17, 15) is 13.2 Å². The summed E-state index contributed by atoms with van der Waals surface area (Å²) in [4.78, 5) is 15.9. The Hall–Kier alpha value is -3.40. The third kappa shape index (κ3) is 3.81. The lowest BCUT2D eigenvalue weighted by molar-refractivity contribution is -0.137. The summed E-state index contributed by atoms with van der Waals surface area (Å²) >= 11 is 0. The number of alkyl halides is 3. The van der Waals surface area contributed by atoms with Gasteiger partial charge in [-0.05, 0) is 37.6 Å². The number of aromatic nitrogens is 5. The van der Waals surface area contributed by atoms with Crippen molar-refractivity contribution in [2.24, 2.45) is 7.05 Å². The van der Waals surface area contributed by atoms with Crippen LogP contribution in [0.2, 0.25) is 0 Å². The molecular formula is C22H22F3N7. The lowest BCUT2D eigenvalue weighted by Crippen LogP contribution is -2.38. The molecule has 1 unspecified atom stereocenters. The zero-order valence-electron chi connectivity index (χ0n) is 17.4. The lowest BCUT2D eigenvalue weighted by atomic mass is 10.1. The number of piperidine rings is 1. The molecule has 1 aromatic carbocycles. The minimum Gasteiger partial charge on any atom is -0.358 e. The van der Waals surface area contributed by atoms with Crippen LogP contribution in [0, 0.1) is 0 Å². The summed E-state index contributed by atoms with van der Waals surface area (Å²) < 4.78 is 43.1. The first-order valence-corrected chi connectivity index (χ1v) is 10.4. The highest BCUT2D eigenvalue weighted by Gasteiger charge is 2.36. The summed E-state index contributed by atoms with van der Waals surface area (Å²) in [6.45, 7) is 1.66. The number of H-pyrrole nitrogens is 1. The van der Waals surface area contributed by atoms with Gasteiger partial charge in [0.1, 0.15) is 5.56 Å². The van der Waals surface area contributed by atoms with Crippen molar-refractivity contribution in [3.05, 3.63) is 48.3 Å². The van der Waals surface area contributed by atoms with E-state index < -0.39 is 11.7 Å². The number of hydrogen-bond acceptors (Lipinski definition) is 5. The molecule has 7 nitrogen and oxygen atoms in total. The summed E-state index contributed by atoms with van der Waals surface area (Å²) in [6, 6.07) is 9.37. The molecule has 0 bridgehead atoms. The van der Waals surface area contributed by atoms with Crippen LogP contribution >= 0.6 is 0 Å². The molecule has 5 rings (SSSR count). The van der Waals surface area contributed by atoms with Gasteiger partial charge in [-0.3, -0.25) is 0 Å². The van der Waals surface area contributed by atoms with Gasteiger partial charge >= 0.3 is 6.18 Å². The molecule has 1 aliphatic rings. The zero-order valence-corrected chi connectivity index (χ0v) is 17.4. The molecule has 4 aromatic rings. The first kappa shape index (κ1) is 20.5. The average Bonchev–Trinajstić information content (AvgIpc) is 3.39. The number of nitrogens with zero attached hydrogens (tertiary/aromatic N) is 4. The number of benzene rings is 1. The molecule has 1 saturated heterocycles. The Bertz CT molecular complexity index is 1250. The highest BCUT2D eigenvalue weighted by molar-refractivity contribution is 5.81. The zero-order chi connectivity index (χ0) is 22.3. The predicted molar refractivity (Wildman–Crippen MR) is 116 cm³/mol. The van der Waals surface area contributed by atoms with Gasteiger partial charge in [0.25, 0.3) is 0 Å². The summed E-state index contributed by atoms with van der Waals surface area (Å²) in [6.07, 6.45) is -0.297. The molecule has 0 aliphatic carbocycles. The van der Waals surface area contributed by atoms with Gasteiger partial charge in [0, 0.05) is 37.6 Å². The van der Waals surface area contributed by atoms with E-state index in [-0.39, 0.29) is 17.7 Å². The van der Waals surface area contributed by atoms with Crippen molar-refractivity contribution in [3.63, 3.8) is 0 Å². The second kappa shape index (κ2) is 7.94. The number of fused-ring (bicyclic) bond motifs is 1. The van der Waals surface area contributed by atoms with E-state index in [0.717, 1.165) is 43.2 Å². The third-order valence-electron chi connectivity index (χ3n) is 5.71. The molecule has 0 amide bonds. The van der Waals surface area contributed by atoms with E-state index in [1.807, 2.05) is 35.9 Å². The van der Waals surface area contributed by atoms with Crippen LogP contribution in [0.15, 0.2) is 42.7 Å². The number of nitrogens with one attached hydrogen (secondary N) is 3. The van der Waals surface area contributed by atoms with E-state index in [4.69, 9.17) is 0 Å². The van der Waals surface area contributed by atoms with Crippen molar-refractivity contribution in [1.29, 1.82) is 0 Å². The van der Waals surface area contributed by atoms with Crippen LogP contribution in [0.4, 0.5) is 19.1 Å². The number of aromatic amines is 1. The first-order valence-electron chi connectivity index (χ1n) is 10.4. The Balaban J connectivity index is 1.53. The molecule has 32 heavy (non-hydrogen) atoms. The van der Waals surface area contributed by atoms with Crippen LogP contribution in [0.25, 0.3) is 33.8 Å². The smallest absolute Gasteiger partial charge is 0.358 e. The van der Waals surface area contributed by atoms with Crippen LogP contribution in [0.1, 0.15) is 18.4 Å². The largest absolute Gasteiger partial charge is 0.419 e. The predicted octanol–water partition coefficient (Wildman–Crippen LogP) is 4.21. The fourth-order valence-corrected chi connectivity index (χ4v) is 4.08. The summed E-state index contributed by atoms with van der Waals surface area (Å²) in [5, 5.41) is 6.42. The number of rotatable bonds is 4. The Morgan fingerprint density at radius 1 is 1.19 bits per heavy atom. The van der Waals surface area contributed by atoms with Gasteiger partial charge in [0.2, 0.25) is 5.95 Å². The van der Waals surface area contributed by atoms with Crippen LogP contribution < -0.4 is 10.6 Å². The molecule has 1 atom stereocenters. The fourth-order valence-electron chi connectivity index (χ4n) is 4.08. The number of anilines is 1. The second-order valence-electron chi connectivity index (χ2n) is 7.93. The van der Waals surface area contributed by atoms with Gasteiger partial charge in [0.15, 0.2) is 5.82 Å². The molecule has 3 N–H and O–H groups in total. The second-order valence-corrected chi connectivity index (χ2v) is 7.93. The highest BCUT2D eigenvalue weighted by atomic mass is 19.4. The van der Waals surface area contributed by atoms with Gasteiger partial charge in [0.05, 0.1) is 22.4 Å². The van der Waals surface area contributed by atoms with E-state index in [0.29, 0.717) is 17.1 Å². The molecular weight excluding hydrogens is 419 g/mol. The SMILES string of the molecule is Cn1c(-c2cc(-c3nc(NC4CCCNC4)ncc3C(F)(F)F)c[nH]2)nc2ccccc21. The lowest BCUT2D eigenvalue weighted by Gasteiger charge is -2.24. The van der Waals surface area contributed by atoms with Crippen molar-refractivity contribution in [2.45, 2.75) is 25.1 Å². The van der Waals surface area contributed by atoms with E-state index >= 15 is 0 Å². The molecule has 0 spiro atoms. The Morgan fingerprint density at radius 3 is 2.78 bits per heavy atom. The van der Waals surface area contributed by atoms with Crippen molar-refractivity contribution >= 4 is 17.0 Å². The monoisotopic (exact) mass is 441 g/mol. The Labute approximate surface area is 182 Å². The molecule has 1 aliphatic heterocycles. The van der Waals surface area contributed by atoms with Crippen molar-refractivity contribution in [2.75, 3.05) is 18.4 Å². The Morgan fingerprint density at radius 2 is 2.03 bits per heavy atom. The molecule has 0 radical (unpaired) electrons. The topological polar surface area (TPSA) is 83.5 Å². The minimum absolute atomic E-state index is 0.0788. The van der Waals surface area contributed by atoms with Crippen molar-refractivity contribution < 1.29 is 13.2 Å². The number of aryl methyl sites for hydroxylation is 1. The standard InChI is InChI=1S/C22H22F3N7/c1-32-18-7-3-2-6-16(18)30-20(32)17-9-13(10-27-17)19-15(22(23,24)25)12-28-21(31-19)29-14-5-4-8-26-11-14/h2-3,6-7,9-10,12,14,26-27H,4-5,8,11H2,1H3,(H,28,29,31). The van der Waals surface area contributed by atoms with E-state index in [1.165, 1.54) is 6.20 Å². The quantitative estimate of drug-likeness (QED) is 0.442. The summed E-state index contributed by atoms with van der Waals surface area (Å²) in [5.41, 5.74) is 1.64. The van der Waals surface area contributed by atoms with Crippen molar-refractivity contribution in [3.8, 4) is 22.8 Å². The highest BCUT2D eigenvalue weighted by Crippen LogP contribution is 2.37. The van der Waals surface area contributed by atoms with Crippen LogP contribution in [-0.2, 0) is 13.2 Å². The first-order chi connectivity index (χ1) is 15.4. The molecule has 4 heterocycles.